The van der Waals surface area contributed by atoms with Gasteiger partial charge in [0.1, 0.15) is 11.2 Å². The number of hydrogen-bond acceptors (Lipinski definition) is 3. The summed E-state index contributed by atoms with van der Waals surface area (Å²) in [5.41, 5.74) is -2.28. The number of ether oxygens (including phenoxy) is 1. The maximum absolute atomic E-state index is 13.8. The van der Waals surface area contributed by atoms with Crippen molar-refractivity contribution in [1.82, 2.24) is 9.55 Å². The molecule has 3 rings (SSSR count). The lowest BCUT2D eigenvalue weighted by Crippen LogP contribution is -2.26. The smallest absolute Gasteiger partial charge is 0.419 e. The largest absolute Gasteiger partial charge is 0.443 e. The quantitative estimate of drug-likeness (QED) is 0.513. The molecular weight excluding hydrogens is 364 g/mol. The summed E-state index contributed by atoms with van der Waals surface area (Å²) in [4.78, 5) is 15.7. The van der Waals surface area contributed by atoms with Gasteiger partial charge in [-0.2, -0.15) is 13.2 Å². The van der Waals surface area contributed by atoms with Crippen LogP contribution in [0.25, 0.3) is 21.9 Å². The van der Waals surface area contributed by atoms with Crippen LogP contribution in [0.15, 0.2) is 43.0 Å². The first kappa shape index (κ1) is 18.9. The molecule has 4 nitrogen and oxygen atoms in total. The topological polar surface area (TPSA) is 44.1 Å². The number of fused-ring (bicyclic) bond motifs is 1. The number of pyridine rings is 1. The van der Waals surface area contributed by atoms with E-state index in [0.29, 0.717) is 17.0 Å². The molecule has 0 spiro atoms. The number of carbonyl (C=O) groups excluding carboxylic acids is 1. The zero-order valence-corrected chi connectivity index (χ0v) is 14.8. The SMILES string of the molecule is CC(C)(C)OC(=O)n1cc2ccc(-c3cncc(F)c3C(F)(F)F)cc2c1. The van der Waals surface area contributed by atoms with Gasteiger partial charge in [0.05, 0.1) is 6.20 Å². The van der Waals surface area contributed by atoms with Gasteiger partial charge in [0, 0.05) is 34.9 Å². The van der Waals surface area contributed by atoms with Crippen molar-refractivity contribution in [2.75, 3.05) is 0 Å². The first-order chi connectivity index (χ1) is 12.5. The number of halogens is 4. The molecule has 142 valence electrons. The molecule has 2 aromatic heterocycles. The van der Waals surface area contributed by atoms with Gasteiger partial charge in [0.25, 0.3) is 0 Å². The van der Waals surface area contributed by atoms with Crippen molar-refractivity contribution < 1.29 is 27.1 Å². The Morgan fingerprint density at radius 1 is 1.07 bits per heavy atom. The maximum Gasteiger partial charge on any atom is 0.419 e. The summed E-state index contributed by atoms with van der Waals surface area (Å²) in [5.74, 6) is -1.44. The molecule has 0 radical (unpaired) electrons. The van der Waals surface area contributed by atoms with Gasteiger partial charge < -0.3 is 4.74 Å². The molecule has 8 heteroatoms. The fourth-order valence-electron chi connectivity index (χ4n) is 2.67. The van der Waals surface area contributed by atoms with Gasteiger partial charge in [-0.3, -0.25) is 9.55 Å². The predicted octanol–water partition coefficient (Wildman–Crippen LogP) is 5.64. The van der Waals surface area contributed by atoms with Gasteiger partial charge in [-0.05, 0) is 32.4 Å². The summed E-state index contributed by atoms with van der Waals surface area (Å²) in [5, 5.41) is 1.14. The van der Waals surface area contributed by atoms with Crippen molar-refractivity contribution in [3.05, 3.63) is 54.4 Å². The van der Waals surface area contributed by atoms with E-state index in [9.17, 15) is 22.4 Å². The summed E-state index contributed by atoms with van der Waals surface area (Å²) in [6, 6.07) is 4.42. The summed E-state index contributed by atoms with van der Waals surface area (Å²) in [6.45, 7) is 5.17. The minimum absolute atomic E-state index is 0.142. The number of rotatable bonds is 1. The highest BCUT2D eigenvalue weighted by molar-refractivity contribution is 5.90. The molecule has 0 saturated carbocycles. The van der Waals surface area contributed by atoms with Crippen LogP contribution in [0, 0.1) is 5.82 Å². The van der Waals surface area contributed by atoms with Gasteiger partial charge >= 0.3 is 12.3 Å². The molecule has 0 saturated heterocycles. The van der Waals surface area contributed by atoms with Crippen LogP contribution in [-0.4, -0.2) is 21.2 Å². The zero-order valence-electron chi connectivity index (χ0n) is 14.8. The molecule has 0 aliphatic heterocycles. The highest BCUT2D eigenvalue weighted by Crippen LogP contribution is 2.39. The molecule has 2 heterocycles. The van der Waals surface area contributed by atoms with Crippen LogP contribution >= 0.6 is 0 Å². The Labute approximate surface area is 152 Å². The standard InChI is InChI=1S/C19H16F4N2O2/c1-18(2,3)27-17(26)25-9-12-5-4-11(6-13(12)10-25)14-7-24-8-15(20)16(14)19(21,22)23/h4-10H,1-3H3. The second-order valence-electron chi connectivity index (χ2n) is 7.03. The molecule has 3 aromatic rings. The third kappa shape index (κ3) is 3.94. The Bertz CT molecular complexity index is 1020. The Hall–Kier alpha value is -2.90. The summed E-state index contributed by atoms with van der Waals surface area (Å²) in [7, 11) is 0. The van der Waals surface area contributed by atoms with Crippen molar-refractivity contribution in [2.24, 2.45) is 0 Å². The van der Waals surface area contributed by atoms with Gasteiger partial charge in [0.15, 0.2) is 5.82 Å². The van der Waals surface area contributed by atoms with Crippen molar-refractivity contribution in [1.29, 1.82) is 0 Å². The number of alkyl halides is 3. The molecule has 0 aliphatic rings. The third-order valence-corrected chi connectivity index (χ3v) is 3.74. The van der Waals surface area contributed by atoms with Crippen LogP contribution in [0.4, 0.5) is 22.4 Å². The molecule has 0 N–H and O–H groups in total. The van der Waals surface area contributed by atoms with Crippen LogP contribution < -0.4 is 0 Å². The highest BCUT2D eigenvalue weighted by Gasteiger charge is 2.37. The molecule has 0 bridgehead atoms. The Morgan fingerprint density at radius 2 is 1.74 bits per heavy atom. The lowest BCUT2D eigenvalue weighted by atomic mass is 10.00. The molecule has 0 amide bonds. The van der Waals surface area contributed by atoms with Gasteiger partial charge in [0.2, 0.25) is 0 Å². The Kier molecular flexibility index (Phi) is 4.45. The summed E-state index contributed by atoms with van der Waals surface area (Å²) >= 11 is 0. The lowest BCUT2D eigenvalue weighted by Gasteiger charge is -2.19. The summed E-state index contributed by atoms with van der Waals surface area (Å²) < 4.78 is 60.0. The number of aromatic nitrogens is 2. The normalized spacial score (nSPS) is 12.4. The maximum atomic E-state index is 13.8. The van der Waals surface area contributed by atoms with Gasteiger partial charge in [-0.15, -0.1) is 0 Å². The number of carbonyl (C=O) groups is 1. The minimum Gasteiger partial charge on any atom is -0.443 e. The number of nitrogens with zero attached hydrogens (tertiary/aromatic N) is 2. The van der Waals surface area contributed by atoms with E-state index >= 15 is 0 Å². The second-order valence-corrected chi connectivity index (χ2v) is 7.03. The lowest BCUT2D eigenvalue weighted by molar-refractivity contribution is -0.139. The highest BCUT2D eigenvalue weighted by atomic mass is 19.4. The van der Waals surface area contributed by atoms with Crippen LogP contribution in [0.1, 0.15) is 26.3 Å². The van der Waals surface area contributed by atoms with E-state index in [2.05, 4.69) is 4.98 Å². The molecule has 0 unspecified atom stereocenters. The van der Waals surface area contributed by atoms with E-state index < -0.39 is 29.3 Å². The first-order valence-electron chi connectivity index (χ1n) is 8.02. The van der Waals surface area contributed by atoms with Crippen molar-refractivity contribution >= 4 is 16.9 Å². The fraction of sp³-hybridized carbons (Fsp3) is 0.263. The molecular formula is C19H16F4N2O2. The van der Waals surface area contributed by atoms with Crippen LogP contribution in [0.3, 0.4) is 0 Å². The van der Waals surface area contributed by atoms with Crippen LogP contribution in [-0.2, 0) is 10.9 Å². The molecule has 0 aliphatic carbocycles. The van der Waals surface area contributed by atoms with E-state index in [0.717, 1.165) is 6.20 Å². The van der Waals surface area contributed by atoms with E-state index in [4.69, 9.17) is 4.74 Å². The monoisotopic (exact) mass is 380 g/mol. The molecule has 1 aromatic carbocycles. The number of benzene rings is 1. The van der Waals surface area contributed by atoms with Crippen LogP contribution in [0.5, 0.6) is 0 Å². The van der Waals surface area contributed by atoms with Gasteiger partial charge in [-0.25, -0.2) is 9.18 Å². The number of hydrogen-bond donors (Lipinski definition) is 0. The Balaban J connectivity index is 2.07. The fourth-order valence-corrected chi connectivity index (χ4v) is 2.67. The summed E-state index contributed by atoms with van der Waals surface area (Å²) in [6.07, 6.45) is -1.00. The van der Waals surface area contributed by atoms with Crippen molar-refractivity contribution in [2.45, 2.75) is 32.5 Å². The predicted molar refractivity (Wildman–Crippen MR) is 91.8 cm³/mol. The first-order valence-corrected chi connectivity index (χ1v) is 8.02. The van der Waals surface area contributed by atoms with Crippen molar-refractivity contribution in [3.8, 4) is 11.1 Å². The zero-order chi connectivity index (χ0) is 20.0. The third-order valence-electron chi connectivity index (χ3n) is 3.74. The average molecular weight is 380 g/mol. The van der Waals surface area contributed by atoms with E-state index in [1.807, 2.05) is 0 Å². The minimum atomic E-state index is -4.86. The molecule has 0 atom stereocenters. The van der Waals surface area contributed by atoms with Crippen molar-refractivity contribution in [3.63, 3.8) is 0 Å². The molecule has 27 heavy (non-hydrogen) atoms. The van der Waals surface area contributed by atoms with E-state index in [-0.39, 0.29) is 11.1 Å². The molecule has 0 fully saturated rings. The second kappa shape index (κ2) is 6.37. The Morgan fingerprint density at radius 3 is 2.37 bits per heavy atom. The van der Waals surface area contributed by atoms with Gasteiger partial charge in [-0.1, -0.05) is 12.1 Å². The van der Waals surface area contributed by atoms with Crippen LogP contribution in [0.2, 0.25) is 0 Å². The van der Waals surface area contributed by atoms with E-state index in [1.165, 1.54) is 29.1 Å². The average Bonchev–Trinajstić information content (AvgIpc) is 2.95. The van der Waals surface area contributed by atoms with E-state index in [1.54, 1.807) is 26.8 Å².